The molecule has 0 radical (unpaired) electrons. The molecular formula is C11H10ClNO5S2. The summed E-state index contributed by atoms with van der Waals surface area (Å²) in [4.78, 5) is -0.467. The summed E-state index contributed by atoms with van der Waals surface area (Å²) in [7, 11) is -2.65. The Hall–Kier alpha value is -1.35. The maximum Gasteiger partial charge on any atom is 0.261 e. The zero-order valence-electron chi connectivity index (χ0n) is 9.98. The Morgan fingerprint density at radius 1 is 1.05 bits per heavy atom. The monoisotopic (exact) mass is 335 g/mol. The lowest BCUT2D eigenvalue weighted by Gasteiger charge is -2.06. The van der Waals surface area contributed by atoms with Crippen LogP contribution in [0.1, 0.15) is 5.76 Å². The van der Waals surface area contributed by atoms with Gasteiger partial charge in [0.05, 0.1) is 22.6 Å². The molecule has 1 aromatic carbocycles. The second-order valence-corrected chi connectivity index (χ2v) is 8.15. The highest BCUT2D eigenvalue weighted by Gasteiger charge is 2.18. The van der Waals surface area contributed by atoms with Crippen molar-refractivity contribution in [3.8, 4) is 0 Å². The van der Waals surface area contributed by atoms with Crippen LogP contribution in [0.2, 0.25) is 0 Å². The van der Waals surface area contributed by atoms with Crippen LogP contribution in [0.15, 0.2) is 56.9 Å². The van der Waals surface area contributed by atoms with Crippen molar-refractivity contribution in [3.05, 3.63) is 48.4 Å². The van der Waals surface area contributed by atoms with Crippen molar-refractivity contribution in [2.24, 2.45) is 0 Å². The Morgan fingerprint density at radius 2 is 1.75 bits per heavy atom. The third-order valence-corrected chi connectivity index (χ3v) is 5.16. The number of furan rings is 1. The molecule has 0 aliphatic heterocycles. The van der Waals surface area contributed by atoms with Gasteiger partial charge >= 0.3 is 0 Å². The molecule has 0 unspecified atom stereocenters. The molecule has 2 rings (SSSR count). The molecule has 1 aromatic heterocycles. The second kappa shape index (κ2) is 5.57. The lowest BCUT2D eigenvalue weighted by molar-refractivity contribution is 0.498. The van der Waals surface area contributed by atoms with E-state index in [1.165, 1.54) is 24.5 Å². The zero-order valence-corrected chi connectivity index (χ0v) is 12.4. The number of benzene rings is 1. The Bertz CT molecular complexity index is 797. The predicted molar refractivity (Wildman–Crippen MR) is 72.2 cm³/mol. The minimum Gasteiger partial charge on any atom is -0.468 e. The van der Waals surface area contributed by atoms with E-state index in [0.717, 1.165) is 6.07 Å². The van der Waals surface area contributed by atoms with Crippen LogP contribution in [-0.2, 0) is 25.6 Å². The summed E-state index contributed by atoms with van der Waals surface area (Å²) >= 11 is 0. The van der Waals surface area contributed by atoms with Gasteiger partial charge < -0.3 is 4.42 Å². The van der Waals surface area contributed by atoms with Crippen molar-refractivity contribution in [1.29, 1.82) is 0 Å². The van der Waals surface area contributed by atoms with Gasteiger partial charge in [-0.15, -0.1) is 0 Å². The van der Waals surface area contributed by atoms with Gasteiger partial charge in [0.2, 0.25) is 10.0 Å². The highest BCUT2D eigenvalue weighted by atomic mass is 35.7. The van der Waals surface area contributed by atoms with Crippen LogP contribution in [0.25, 0.3) is 0 Å². The molecule has 9 heteroatoms. The van der Waals surface area contributed by atoms with Gasteiger partial charge in [-0.1, -0.05) is 6.07 Å². The molecule has 0 atom stereocenters. The first-order valence-electron chi connectivity index (χ1n) is 5.36. The van der Waals surface area contributed by atoms with Crippen molar-refractivity contribution in [2.75, 3.05) is 0 Å². The summed E-state index contributed by atoms with van der Waals surface area (Å²) in [6.07, 6.45) is 1.42. The van der Waals surface area contributed by atoms with Crippen molar-refractivity contribution < 1.29 is 21.3 Å². The molecule has 1 N–H and O–H groups in total. The van der Waals surface area contributed by atoms with Gasteiger partial charge in [0.15, 0.2) is 0 Å². The van der Waals surface area contributed by atoms with Crippen LogP contribution >= 0.6 is 10.7 Å². The summed E-state index contributed by atoms with van der Waals surface area (Å²) in [5, 5.41) is 0. The first-order valence-corrected chi connectivity index (χ1v) is 9.15. The zero-order chi connectivity index (χ0) is 14.8. The molecule has 108 valence electrons. The molecule has 0 amide bonds. The topological polar surface area (TPSA) is 93.5 Å². The van der Waals surface area contributed by atoms with E-state index in [-0.39, 0.29) is 16.3 Å². The lowest BCUT2D eigenvalue weighted by Crippen LogP contribution is -2.23. The van der Waals surface area contributed by atoms with E-state index in [4.69, 9.17) is 15.1 Å². The smallest absolute Gasteiger partial charge is 0.261 e. The first-order chi connectivity index (χ1) is 9.29. The predicted octanol–water partition coefficient (Wildman–Crippen LogP) is 1.69. The molecule has 1 heterocycles. The standard InChI is InChI=1S/C11H10ClNO5S2/c12-19(14,15)10-4-1-5-11(7-10)20(16,17)13-8-9-3-2-6-18-9/h1-7,13H,8H2. The Morgan fingerprint density at radius 3 is 2.35 bits per heavy atom. The molecular weight excluding hydrogens is 326 g/mol. The van der Waals surface area contributed by atoms with E-state index in [0.29, 0.717) is 5.76 Å². The van der Waals surface area contributed by atoms with Gasteiger partial charge in [0, 0.05) is 10.7 Å². The fourth-order valence-electron chi connectivity index (χ4n) is 1.46. The average Bonchev–Trinajstić information content (AvgIpc) is 2.89. The average molecular weight is 336 g/mol. The van der Waals surface area contributed by atoms with Gasteiger partial charge in [0.1, 0.15) is 5.76 Å². The Kier molecular flexibility index (Phi) is 4.19. The molecule has 0 aliphatic carbocycles. The minimum atomic E-state index is -3.98. The van der Waals surface area contributed by atoms with E-state index in [9.17, 15) is 16.8 Å². The van der Waals surface area contributed by atoms with Crippen LogP contribution in [0.4, 0.5) is 0 Å². The number of hydrogen-bond acceptors (Lipinski definition) is 5. The number of halogens is 1. The van der Waals surface area contributed by atoms with Crippen LogP contribution in [-0.4, -0.2) is 16.8 Å². The number of nitrogens with one attached hydrogen (secondary N) is 1. The molecule has 0 saturated carbocycles. The maximum atomic E-state index is 12.0. The summed E-state index contributed by atoms with van der Waals surface area (Å²) in [6, 6.07) is 8.03. The Balaban J connectivity index is 2.26. The molecule has 0 saturated heterocycles. The largest absolute Gasteiger partial charge is 0.468 e. The van der Waals surface area contributed by atoms with E-state index in [1.54, 1.807) is 12.1 Å². The molecule has 0 spiro atoms. The van der Waals surface area contributed by atoms with Crippen LogP contribution in [0, 0.1) is 0 Å². The maximum absolute atomic E-state index is 12.0. The van der Waals surface area contributed by atoms with E-state index >= 15 is 0 Å². The third-order valence-electron chi connectivity index (χ3n) is 2.41. The third kappa shape index (κ3) is 3.60. The lowest BCUT2D eigenvalue weighted by atomic mass is 10.4. The normalized spacial score (nSPS) is 12.4. The van der Waals surface area contributed by atoms with Crippen LogP contribution in [0.3, 0.4) is 0 Å². The van der Waals surface area contributed by atoms with E-state index < -0.39 is 19.1 Å². The van der Waals surface area contributed by atoms with Crippen molar-refractivity contribution in [3.63, 3.8) is 0 Å². The van der Waals surface area contributed by atoms with Gasteiger partial charge in [-0.05, 0) is 30.3 Å². The minimum absolute atomic E-state index is 0.0345. The fourth-order valence-corrected chi connectivity index (χ4v) is 3.37. The highest BCUT2D eigenvalue weighted by Crippen LogP contribution is 2.19. The van der Waals surface area contributed by atoms with Gasteiger partial charge in [0.25, 0.3) is 9.05 Å². The summed E-state index contributed by atoms with van der Waals surface area (Å²) in [6.45, 7) is -0.0345. The number of rotatable bonds is 5. The van der Waals surface area contributed by atoms with Crippen molar-refractivity contribution in [2.45, 2.75) is 16.3 Å². The molecule has 6 nitrogen and oxygen atoms in total. The van der Waals surface area contributed by atoms with Crippen molar-refractivity contribution in [1.82, 2.24) is 4.72 Å². The van der Waals surface area contributed by atoms with Gasteiger partial charge in [-0.25, -0.2) is 21.6 Å². The molecule has 2 aromatic rings. The highest BCUT2D eigenvalue weighted by molar-refractivity contribution is 8.13. The van der Waals surface area contributed by atoms with Crippen molar-refractivity contribution >= 4 is 29.8 Å². The van der Waals surface area contributed by atoms with Gasteiger partial charge in [-0.3, -0.25) is 0 Å². The van der Waals surface area contributed by atoms with E-state index in [1.807, 2.05) is 0 Å². The molecule has 0 bridgehead atoms. The number of sulfonamides is 1. The van der Waals surface area contributed by atoms with Gasteiger partial charge in [-0.2, -0.15) is 0 Å². The Labute approximate surface area is 120 Å². The first kappa shape index (κ1) is 15.0. The SMILES string of the molecule is O=S(=O)(Cl)c1cccc(S(=O)(=O)NCc2ccco2)c1. The molecule has 0 aliphatic rings. The fraction of sp³-hybridized carbons (Fsp3) is 0.0909. The number of hydrogen-bond donors (Lipinski definition) is 1. The van der Waals surface area contributed by atoms with E-state index in [2.05, 4.69) is 4.72 Å². The quantitative estimate of drug-likeness (QED) is 0.839. The molecule has 20 heavy (non-hydrogen) atoms. The summed E-state index contributed by atoms with van der Waals surface area (Å²) < 4.78 is 53.7. The molecule has 0 fully saturated rings. The van der Waals surface area contributed by atoms with Crippen LogP contribution in [0.5, 0.6) is 0 Å². The summed E-state index contributed by atoms with van der Waals surface area (Å²) in [5.41, 5.74) is 0. The van der Waals surface area contributed by atoms with Crippen LogP contribution < -0.4 is 4.72 Å². The second-order valence-electron chi connectivity index (χ2n) is 3.82. The summed E-state index contributed by atoms with van der Waals surface area (Å²) in [5.74, 6) is 0.440.